The molecule has 2 rings (SSSR count). The van der Waals surface area contributed by atoms with Gasteiger partial charge in [0.1, 0.15) is 0 Å². The van der Waals surface area contributed by atoms with Gasteiger partial charge >= 0.3 is 5.97 Å². The van der Waals surface area contributed by atoms with Crippen molar-refractivity contribution >= 4 is 11.9 Å². The van der Waals surface area contributed by atoms with Gasteiger partial charge in [0, 0.05) is 30.9 Å². The summed E-state index contributed by atoms with van der Waals surface area (Å²) in [5, 5.41) is 9.49. The van der Waals surface area contributed by atoms with Gasteiger partial charge in [-0.15, -0.1) is 0 Å². The summed E-state index contributed by atoms with van der Waals surface area (Å²) in [7, 11) is 1.55. The van der Waals surface area contributed by atoms with E-state index in [9.17, 15) is 14.7 Å². The molecule has 0 radical (unpaired) electrons. The highest BCUT2D eigenvalue weighted by Crippen LogP contribution is 2.68. The standard InChI is InChI=1S/C16H22N2O3/c1-15(2)12(16(15,3)4)13(19)18(5)11(14(20)21)10-7-6-8-17-9-10/h6-9,11-12H,1-5H3,(H,20,21). The summed E-state index contributed by atoms with van der Waals surface area (Å²) < 4.78 is 0. The molecule has 0 bridgehead atoms. The van der Waals surface area contributed by atoms with Gasteiger partial charge in [-0.2, -0.15) is 0 Å². The monoisotopic (exact) mass is 290 g/mol. The topological polar surface area (TPSA) is 70.5 Å². The molecule has 5 nitrogen and oxygen atoms in total. The maximum atomic E-state index is 12.7. The Morgan fingerprint density at radius 3 is 2.24 bits per heavy atom. The second-order valence-corrected chi connectivity index (χ2v) is 6.85. The number of carbonyl (C=O) groups excluding carboxylic acids is 1. The number of aromatic nitrogens is 1. The van der Waals surface area contributed by atoms with Crippen molar-refractivity contribution in [3.63, 3.8) is 0 Å². The molecule has 1 heterocycles. The number of aliphatic carboxylic acids is 1. The first-order valence-electron chi connectivity index (χ1n) is 7.01. The first-order chi connectivity index (χ1) is 9.62. The van der Waals surface area contributed by atoms with E-state index in [1.54, 1.807) is 25.4 Å². The van der Waals surface area contributed by atoms with Crippen molar-refractivity contribution in [3.8, 4) is 0 Å². The van der Waals surface area contributed by atoms with E-state index in [4.69, 9.17) is 0 Å². The largest absolute Gasteiger partial charge is 0.479 e. The number of carbonyl (C=O) groups is 2. The Morgan fingerprint density at radius 1 is 1.29 bits per heavy atom. The minimum Gasteiger partial charge on any atom is -0.479 e. The number of rotatable bonds is 4. The van der Waals surface area contributed by atoms with Gasteiger partial charge in [-0.3, -0.25) is 9.78 Å². The second-order valence-electron chi connectivity index (χ2n) is 6.85. The molecule has 1 N–H and O–H groups in total. The third-order valence-electron chi connectivity index (χ3n) is 5.24. The summed E-state index contributed by atoms with van der Waals surface area (Å²) in [6.07, 6.45) is 3.07. The third kappa shape index (κ3) is 2.30. The molecule has 0 aromatic carbocycles. The van der Waals surface area contributed by atoms with Crippen molar-refractivity contribution in [2.45, 2.75) is 33.7 Å². The van der Waals surface area contributed by atoms with Gasteiger partial charge in [0.25, 0.3) is 0 Å². The Morgan fingerprint density at radius 2 is 1.86 bits per heavy atom. The van der Waals surface area contributed by atoms with Gasteiger partial charge in [0.05, 0.1) is 0 Å². The summed E-state index contributed by atoms with van der Waals surface area (Å²) in [4.78, 5) is 29.6. The normalized spacial score (nSPS) is 20.6. The molecular weight excluding hydrogens is 268 g/mol. The summed E-state index contributed by atoms with van der Waals surface area (Å²) in [5.41, 5.74) is 0.282. The van der Waals surface area contributed by atoms with E-state index in [1.807, 2.05) is 27.7 Å². The maximum Gasteiger partial charge on any atom is 0.331 e. The zero-order valence-corrected chi connectivity index (χ0v) is 13.1. The number of likely N-dealkylation sites (N-methyl/N-ethyl adjacent to an activating group) is 1. The van der Waals surface area contributed by atoms with Crippen LogP contribution in [0.25, 0.3) is 0 Å². The highest BCUT2D eigenvalue weighted by Gasteiger charge is 2.69. The number of carboxylic acid groups (broad SMARTS) is 1. The van der Waals surface area contributed by atoms with E-state index in [2.05, 4.69) is 4.98 Å². The predicted octanol–water partition coefficient (Wildman–Crippen LogP) is 2.35. The van der Waals surface area contributed by atoms with Crippen molar-refractivity contribution in [2.24, 2.45) is 16.7 Å². The SMILES string of the molecule is CN(C(=O)C1C(C)(C)C1(C)C)C(C(=O)O)c1cccnc1. The van der Waals surface area contributed by atoms with Crippen LogP contribution in [0.1, 0.15) is 39.3 Å². The molecule has 0 aliphatic heterocycles. The third-order valence-corrected chi connectivity index (χ3v) is 5.24. The van der Waals surface area contributed by atoms with Gasteiger partial charge in [-0.1, -0.05) is 33.8 Å². The van der Waals surface area contributed by atoms with Crippen molar-refractivity contribution < 1.29 is 14.7 Å². The van der Waals surface area contributed by atoms with Crippen molar-refractivity contribution in [3.05, 3.63) is 30.1 Å². The molecular formula is C16H22N2O3. The number of carboxylic acids is 1. The van der Waals surface area contributed by atoms with Crippen LogP contribution in [0.15, 0.2) is 24.5 Å². The van der Waals surface area contributed by atoms with Crippen LogP contribution < -0.4 is 0 Å². The van der Waals surface area contributed by atoms with Gasteiger partial charge in [-0.25, -0.2) is 4.79 Å². The summed E-state index contributed by atoms with van der Waals surface area (Å²) in [6.45, 7) is 8.18. The Hall–Kier alpha value is -1.91. The van der Waals surface area contributed by atoms with Crippen LogP contribution in [-0.2, 0) is 9.59 Å². The number of hydrogen-bond donors (Lipinski definition) is 1. The Bertz CT molecular complexity index is 552. The lowest BCUT2D eigenvalue weighted by Crippen LogP contribution is -2.38. The van der Waals surface area contributed by atoms with Crippen molar-refractivity contribution in [1.29, 1.82) is 0 Å². The fourth-order valence-electron chi connectivity index (χ4n) is 3.21. The second kappa shape index (κ2) is 4.83. The molecule has 114 valence electrons. The van der Waals surface area contributed by atoms with Crippen LogP contribution in [-0.4, -0.2) is 33.9 Å². The lowest BCUT2D eigenvalue weighted by atomic mass is 10.0. The Labute approximate surface area is 125 Å². The molecule has 0 saturated heterocycles. The number of nitrogens with zero attached hydrogens (tertiary/aromatic N) is 2. The Kier molecular flexibility index (Phi) is 3.56. The van der Waals surface area contributed by atoms with Crippen LogP contribution in [0.3, 0.4) is 0 Å². The van der Waals surface area contributed by atoms with E-state index < -0.39 is 12.0 Å². The molecule has 1 aliphatic carbocycles. The minimum absolute atomic E-state index is 0.115. The number of amides is 1. The first-order valence-corrected chi connectivity index (χ1v) is 7.01. The number of hydrogen-bond acceptors (Lipinski definition) is 3. The highest BCUT2D eigenvalue weighted by atomic mass is 16.4. The van der Waals surface area contributed by atoms with Crippen LogP contribution in [0, 0.1) is 16.7 Å². The highest BCUT2D eigenvalue weighted by molar-refractivity contribution is 5.88. The molecule has 1 atom stereocenters. The fourth-order valence-corrected chi connectivity index (χ4v) is 3.21. The van der Waals surface area contributed by atoms with Gasteiger partial charge in [-0.05, 0) is 16.9 Å². The minimum atomic E-state index is -1.05. The van der Waals surface area contributed by atoms with Crippen molar-refractivity contribution in [2.75, 3.05) is 7.05 Å². The lowest BCUT2D eigenvalue weighted by Gasteiger charge is -2.26. The molecule has 1 aliphatic rings. The fraction of sp³-hybridized carbons (Fsp3) is 0.562. The molecule has 1 fully saturated rings. The average molecular weight is 290 g/mol. The van der Waals surface area contributed by atoms with E-state index in [1.165, 1.54) is 11.1 Å². The molecule has 1 saturated carbocycles. The summed E-state index contributed by atoms with van der Waals surface area (Å²) in [6, 6.07) is 2.35. The zero-order chi connectivity index (χ0) is 16.0. The van der Waals surface area contributed by atoms with Gasteiger partial charge in [0.2, 0.25) is 5.91 Å². The first kappa shape index (κ1) is 15.5. The van der Waals surface area contributed by atoms with E-state index in [0.717, 1.165) is 0 Å². The smallest absolute Gasteiger partial charge is 0.331 e. The van der Waals surface area contributed by atoms with Crippen LogP contribution in [0.2, 0.25) is 0 Å². The van der Waals surface area contributed by atoms with E-state index in [0.29, 0.717) is 5.56 Å². The maximum absolute atomic E-state index is 12.7. The molecule has 0 spiro atoms. The zero-order valence-electron chi connectivity index (χ0n) is 13.1. The van der Waals surface area contributed by atoms with Gasteiger partial charge < -0.3 is 10.0 Å². The molecule has 21 heavy (non-hydrogen) atoms. The lowest BCUT2D eigenvalue weighted by molar-refractivity contribution is -0.150. The van der Waals surface area contributed by atoms with Crippen LogP contribution in [0.5, 0.6) is 0 Å². The molecule has 1 aromatic rings. The quantitative estimate of drug-likeness (QED) is 0.924. The molecule has 1 aromatic heterocycles. The van der Waals surface area contributed by atoms with E-state index >= 15 is 0 Å². The Balaban J connectivity index is 2.27. The van der Waals surface area contributed by atoms with Crippen LogP contribution >= 0.6 is 0 Å². The van der Waals surface area contributed by atoms with E-state index in [-0.39, 0.29) is 22.7 Å². The molecule has 5 heteroatoms. The summed E-state index contributed by atoms with van der Waals surface area (Å²) >= 11 is 0. The summed E-state index contributed by atoms with van der Waals surface area (Å²) in [5.74, 6) is -1.33. The average Bonchev–Trinajstić information content (AvgIpc) is 2.79. The van der Waals surface area contributed by atoms with Crippen molar-refractivity contribution in [1.82, 2.24) is 9.88 Å². The molecule has 1 amide bonds. The number of pyridine rings is 1. The predicted molar refractivity (Wildman–Crippen MR) is 78.4 cm³/mol. The van der Waals surface area contributed by atoms with Crippen LogP contribution in [0.4, 0.5) is 0 Å². The van der Waals surface area contributed by atoms with Gasteiger partial charge in [0.15, 0.2) is 6.04 Å². The molecule has 1 unspecified atom stereocenters.